The first kappa shape index (κ1) is 13.8. The molecule has 0 N–H and O–H groups in total. The van der Waals surface area contributed by atoms with Gasteiger partial charge in [-0.05, 0) is 29.8 Å². The second-order valence-electron chi connectivity index (χ2n) is 3.91. The summed E-state index contributed by atoms with van der Waals surface area (Å²) in [5, 5.41) is 8.85. The summed E-state index contributed by atoms with van der Waals surface area (Å²) >= 11 is 3.21. The van der Waals surface area contributed by atoms with Gasteiger partial charge < -0.3 is 0 Å². The number of rotatable bonds is 3. The summed E-state index contributed by atoms with van der Waals surface area (Å²) in [5.74, 6) is 0. The van der Waals surface area contributed by atoms with E-state index in [2.05, 4.69) is 15.9 Å². The van der Waals surface area contributed by atoms with E-state index >= 15 is 0 Å². The van der Waals surface area contributed by atoms with Crippen molar-refractivity contribution in [2.75, 3.05) is 0 Å². The number of sulfone groups is 1. The van der Waals surface area contributed by atoms with E-state index in [-0.39, 0.29) is 4.90 Å². The highest BCUT2D eigenvalue weighted by atomic mass is 79.9. The lowest BCUT2D eigenvalue weighted by Gasteiger charge is -2.12. The van der Waals surface area contributed by atoms with E-state index in [0.29, 0.717) is 11.1 Å². The van der Waals surface area contributed by atoms with Gasteiger partial charge in [0.25, 0.3) is 0 Å². The van der Waals surface area contributed by atoms with Crippen LogP contribution >= 0.6 is 15.9 Å². The Balaban J connectivity index is 2.44. The molecule has 3 nitrogen and oxygen atoms in total. The van der Waals surface area contributed by atoms with Crippen LogP contribution in [0.2, 0.25) is 0 Å². The fourth-order valence-electron chi connectivity index (χ4n) is 1.66. The van der Waals surface area contributed by atoms with Crippen LogP contribution in [0.25, 0.3) is 0 Å². The van der Waals surface area contributed by atoms with Crippen molar-refractivity contribution in [2.24, 2.45) is 0 Å². The molecule has 0 saturated heterocycles. The van der Waals surface area contributed by atoms with Gasteiger partial charge in [-0.25, -0.2) is 8.42 Å². The molecule has 0 aliphatic carbocycles. The zero-order chi connectivity index (χ0) is 13.9. The van der Waals surface area contributed by atoms with Gasteiger partial charge in [-0.15, -0.1) is 0 Å². The normalized spacial score (nSPS) is 12.6. The molecule has 0 radical (unpaired) electrons. The maximum Gasteiger partial charge on any atom is 0.195 e. The molecule has 0 spiro atoms. The second-order valence-corrected chi connectivity index (χ2v) is 7.47. The lowest BCUT2D eigenvalue weighted by molar-refractivity contribution is 0.595. The van der Waals surface area contributed by atoms with E-state index < -0.39 is 14.0 Å². The summed E-state index contributed by atoms with van der Waals surface area (Å²) < 4.78 is 23.9. The fraction of sp³-hybridized carbons (Fsp3) is 0.0714. The van der Waals surface area contributed by atoms with Crippen LogP contribution in [0.15, 0.2) is 59.5 Å². The number of nitrogens with zero attached hydrogens (tertiary/aromatic N) is 1. The van der Waals surface area contributed by atoms with E-state index in [4.69, 9.17) is 5.26 Å². The third kappa shape index (κ3) is 2.86. The van der Waals surface area contributed by atoms with Gasteiger partial charge in [0.15, 0.2) is 9.84 Å². The number of halogens is 1. The summed E-state index contributed by atoms with van der Waals surface area (Å²) in [5.41, 5.74) is 0.980. The van der Waals surface area contributed by atoms with Crippen molar-refractivity contribution in [2.45, 2.75) is 9.05 Å². The first-order valence-corrected chi connectivity index (χ1v) is 7.95. The molecule has 0 fully saturated rings. The van der Waals surface area contributed by atoms with Crippen LogP contribution in [0, 0.1) is 11.3 Å². The molecule has 0 bridgehead atoms. The largest absolute Gasteiger partial charge is 0.222 e. The molecule has 2 rings (SSSR count). The minimum atomic E-state index is -3.51. The van der Waals surface area contributed by atoms with E-state index in [1.54, 1.807) is 54.6 Å². The Morgan fingerprint density at radius 1 is 1.05 bits per heavy atom. The Morgan fingerprint density at radius 2 is 1.74 bits per heavy atom. The molecule has 1 atom stereocenters. The number of hydrogen-bond donors (Lipinski definition) is 0. The summed E-state index contributed by atoms with van der Waals surface area (Å²) in [6.45, 7) is 0. The quantitative estimate of drug-likeness (QED) is 0.807. The van der Waals surface area contributed by atoms with Crippen LogP contribution in [0.5, 0.6) is 0 Å². The number of alkyl halides is 1. The van der Waals surface area contributed by atoms with Crippen LogP contribution < -0.4 is 0 Å². The van der Waals surface area contributed by atoms with Gasteiger partial charge in [-0.3, -0.25) is 0 Å². The SMILES string of the molecule is N#Cc1cccc([C@H](Br)S(=O)(=O)c2ccccc2)c1. The first-order valence-electron chi connectivity index (χ1n) is 5.49. The van der Waals surface area contributed by atoms with E-state index in [1.165, 1.54) is 0 Å². The Labute approximate surface area is 120 Å². The van der Waals surface area contributed by atoms with Gasteiger partial charge in [-0.2, -0.15) is 5.26 Å². The Bertz CT molecular complexity index is 721. The highest BCUT2D eigenvalue weighted by Crippen LogP contribution is 2.34. The molecule has 0 unspecified atom stereocenters. The number of nitriles is 1. The molecule has 2 aromatic rings. The third-order valence-electron chi connectivity index (χ3n) is 2.62. The molecule has 0 aromatic heterocycles. The maximum absolute atomic E-state index is 12.4. The van der Waals surface area contributed by atoms with Gasteiger partial charge >= 0.3 is 0 Å². The lowest BCUT2D eigenvalue weighted by Crippen LogP contribution is -2.08. The molecule has 0 amide bonds. The van der Waals surface area contributed by atoms with E-state index in [9.17, 15) is 8.42 Å². The molecule has 0 aliphatic rings. The molecule has 0 saturated carbocycles. The van der Waals surface area contributed by atoms with Gasteiger partial charge in [0, 0.05) is 0 Å². The van der Waals surface area contributed by atoms with Crippen molar-refractivity contribution < 1.29 is 8.42 Å². The average Bonchev–Trinajstić information content (AvgIpc) is 2.47. The number of benzene rings is 2. The van der Waals surface area contributed by atoms with E-state index in [1.807, 2.05) is 6.07 Å². The number of hydrogen-bond acceptors (Lipinski definition) is 3. The van der Waals surface area contributed by atoms with Crippen molar-refractivity contribution in [1.29, 1.82) is 5.26 Å². The Kier molecular flexibility index (Phi) is 4.03. The Hall–Kier alpha value is -1.64. The highest BCUT2D eigenvalue weighted by Gasteiger charge is 2.26. The second kappa shape index (κ2) is 5.55. The average molecular weight is 336 g/mol. The molecular formula is C14H10BrNO2S. The van der Waals surface area contributed by atoms with Crippen LogP contribution in [-0.4, -0.2) is 8.42 Å². The molecule has 0 heterocycles. The summed E-state index contributed by atoms with van der Waals surface area (Å²) in [4.78, 5) is 0.249. The highest BCUT2D eigenvalue weighted by molar-refractivity contribution is 9.10. The third-order valence-corrected chi connectivity index (χ3v) is 6.37. The molecular weight excluding hydrogens is 326 g/mol. The topological polar surface area (TPSA) is 57.9 Å². The summed E-state index contributed by atoms with van der Waals surface area (Å²) in [6.07, 6.45) is 0. The molecule has 96 valence electrons. The van der Waals surface area contributed by atoms with E-state index in [0.717, 1.165) is 0 Å². The monoisotopic (exact) mass is 335 g/mol. The van der Waals surface area contributed by atoms with Crippen molar-refractivity contribution in [1.82, 2.24) is 0 Å². The zero-order valence-corrected chi connectivity index (χ0v) is 12.2. The first-order chi connectivity index (χ1) is 9.05. The summed E-state index contributed by atoms with van der Waals surface area (Å²) in [6, 6.07) is 16.8. The van der Waals surface area contributed by atoms with Crippen LogP contribution in [0.4, 0.5) is 0 Å². The standard InChI is InChI=1S/C14H10BrNO2S/c15-14(12-6-4-5-11(9-12)10-16)19(17,18)13-7-2-1-3-8-13/h1-9,14H/t14-/m1/s1. The fourth-order valence-corrected chi connectivity index (χ4v) is 3.87. The van der Waals surface area contributed by atoms with Crippen LogP contribution in [-0.2, 0) is 9.84 Å². The van der Waals surface area contributed by atoms with Crippen LogP contribution in [0.1, 0.15) is 15.3 Å². The van der Waals surface area contributed by atoms with Gasteiger partial charge in [0.05, 0.1) is 16.5 Å². The zero-order valence-electron chi connectivity index (χ0n) is 9.82. The molecule has 0 aliphatic heterocycles. The smallest absolute Gasteiger partial charge is 0.195 e. The van der Waals surface area contributed by atoms with Crippen molar-refractivity contribution in [3.05, 3.63) is 65.7 Å². The minimum absolute atomic E-state index is 0.249. The Morgan fingerprint density at radius 3 is 2.37 bits per heavy atom. The molecule has 19 heavy (non-hydrogen) atoms. The van der Waals surface area contributed by atoms with Crippen molar-refractivity contribution >= 4 is 25.8 Å². The maximum atomic E-state index is 12.4. The predicted octanol–water partition coefficient (Wildman–Crippen LogP) is 3.43. The van der Waals surface area contributed by atoms with Gasteiger partial charge in [0.2, 0.25) is 0 Å². The molecule has 5 heteroatoms. The lowest BCUT2D eigenvalue weighted by atomic mass is 10.2. The predicted molar refractivity (Wildman–Crippen MR) is 76.5 cm³/mol. The van der Waals surface area contributed by atoms with Crippen molar-refractivity contribution in [3.63, 3.8) is 0 Å². The molecule has 2 aromatic carbocycles. The van der Waals surface area contributed by atoms with Crippen molar-refractivity contribution in [3.8, 4) is 6.07 Å². The van der Waals surface area contributed by atoms with Crippen LogP contribution in [0.3, 0.4) is 0 Å². The van der Waals surface area contributed by atoms with Gasteiger partial charge in [-0.1, -0.05) is 46.3 Å². The summed E-state index contributed by atoms with van der Waals surface area (Å²) in [7, 11) is -3.51. The van der Waals surface area contributed by atoms with Gasteiger partial charge in [0.1, 0.15) is 4.16 Å². The minimum Gasteiger partial charge on any atom is -0.222 e.